The number of sulfonamides is 1. The largest absolute Gasteiger partial charge is 0.492 e. The Hall–Kier alpha value is -3.27. The lowest BCUT2D eigenvalue weighted by Crippen LogP contribution is -2.53. The maximum absolute atomic E-state index is 14.0. The molecule has 39 heavy (non-hydrogen) atoms. The maximum Gasteiger partial charge on any atom is 0.244 e. The Bertz CT molecular complexity index is 1380. The summed E-state index contributed by atoms with van der Waals surface area (Å²) in [4.78, 5) is 28.5. The number of likely N-dealkylation sites (N-methyl/N-ethyl adjacent to an activating group) is 1. The van der Waals surface area contributed by atoms with Crippen LogP contribution in [-0.2, 0) is 32.6 Å². The van der Waals surface area contributed by atoms with Gasteiger partial charge in [-0.05, 0) is 36.8 Å². The van der Waals surface area contributed by atoms with Gasteiger partial charge in [0.2, 0.25) is 21.8 Å². The highest BCUT2D eigenvalue weighted by Crippen LogP contribution is 2.31. The first-order valence-corrected chi connectivity index (χ1v) is 14.8. The number of anilines is 1. The SMILES string of the molecule is CCOc1ccccc1N(CC(=O)N(Cc1c(Cl)cccc1Cl)C(Cc1ccccc1)C(=O)NC)S(C)(=O)=O. The fraction of sp³-hybridized carbons (Fsp3) is 0.286. The van der Waals surface area contributed by atoms with Crippen LogP contribution in [0.3, 0.4) is 0 Å². The number of nitrogens with zero attached hydrogens (tertiary/aromatic N) is 2. The maximum atomic E-state index is 14.0. The van der Waals surface area contributed by atoms with Crippen molar-refractivity contribution >= 4 is 50.7 Å². The molecule has 0 aliphatic heterocycles. The van der Waals surface area contributed by atoms with Crippen LogP contribution < -0.4 is 14.4 Å². The second-order valence-corrected chi connectivity index (χ2v) is 11.4. The first-order valence-electron chi connectivity index (χ1n) is 12.2. The average molecular weight is 593 g/mol. The zero-order chi connectivity index (χ0) is 28.6. The van der Waals surface area contributed by atoms with E-state index in [1.807, 2.05) is 30.3 Å². The van der Waals surface area contributed by atoms with Gasteiger partial charge in [0, 0.05) is 35.6 Å². The molecule has 1 N–H and O–H groups in total. The number of para-hydroxylation sites is 2. The van der Waals surface area contributed by atoms with Gasteiger partial charge in [0.25, 0.3) is 0 Å². The molecule has 0 heterocycles. The number of halogens is 2. The number of ether oxygens (including phenoxy) is 1. The van der Waals surface area contributed by atoms with E-state index in [0.717, 1.165) is 16.1 Å². The Kier molecular flexibility index (Phi) is 10.6. The van der Waals surface area contributed by atoms with E-state index < -0.39 is 34.4 Å². The molecule has 0 saturated carbocycles. The number of nitrogens with one attached hydrogen (secondary N) is 1. The van der Waals surface area contributed by atoms with Crippen molar-refractivity contribution in [2.24, 2.45) is 0 Å². The van der Waals surface area contributed by atoms with E-state index >= 15 is 0 Å². The van der Waals surface area contributed by atoms with Gasteiger partial charge in [-0.15, -0.1) is 0 Å². The number of hydrogen-bond donors (Lipinski definition) is 1. The predicted octanol–water partition coefficient (Wildman–Crippen LogP) is 4.54. The van der Waals surface area contributed by atoms with Gasteiger partial charge in [0.1, 0.15) is 18.3 Å². The molecule has 8 nitrogen and oxygen atoms in total. The Labute approximate surface area is 239 Å². The van der Waals surface area contributed by atoms with Crippen LogP contribution in [-0.4, -0.2) is 57.6 Å². The predicted molar refractivity (Wildman–Crippen MR) is 155 cm³/mol. The molecule has 11 heteroatoms. The van der Waals surface area contributed by atoms with E-state index in [9.17, 15) is 18.0 Å². The van der Waals surface area contributed by atoms with E-state index in [1.165, 1.54) is 11.9 Å². The summed E-state index contributed by atoms with van der Waals surface area (Å²) >= 11 is 12.9. The van der Waals surface area contributed by atoms with Gasteiger partial charge < -0.3 is 15.0 Å². The topological polar surface area (TPSA) is 96.0 Å². The lowest BCUT2D eigenvalue weighted by molar-refractivity contribution is -0.139. The van der Waals surface area contributed by atoms with Crippen molar-refractivity contribution in [3.63, 3.8) is 0 Å². The summed E-state index contributed by atoms with van der Waals surface area (Å²) in [6.07, 6.45) is 1.20. The fourth-order valence-corrected chi connectivity index (χ4v) is 5.48. The lowest BCUT2D eigenvalue weighted by atomic mass is 10.0. The summed E-state index contributed by atoms with van der Waals surface area (Å²) in [5.41, 5.74) is 1.47. The molecule has 0 spiro atoms. The second-order valence-electron chi connectivity index (χ2n) is 8.71. The molecule has 0 aromatic heterocycles. The van der Waals surface area contributed by atoms with Crippen LogP contribution >= 0.6 is 23.2 Å². The molecule has 3 aromatic rings. The molecule has 2 amide bonds. The molecular formula is C28H31Cl2N3O5S. The van der Waals surface area contributed by atoms with Crippen molar-refractivity contribution in [2.75, 3.05) is 30.8 Å². The molecule has 1 atom stereocenters. The molecule has 0 aliphatic carbocycles. The van der Waals surface area contributed by atoms with Gasteiger partial charge in [0.15, 0.2) is 0 Å². The minimum atomic E-state index is -3.93. The minimum absolute atomic E-state index is 0.118. The van der Waals surface area contributed by atoms with Crippen molar-refractivity contribution in [2.45, 2.75) is 25.9 Å². The molecule has 0 fully saturated rings. The number of amides is 2. The number of hydrogen-bond acceptors (Lipinski definition) is 5. The molecule has 0 aliphatic rings. The first kappa shape index (κ1) is 30.3. The number of carbonyl (C=O) groups is 2. The zero-order valence-corrected chi connectivity index (χ0v) is 24.3. The standard InChI is InChI=1S/C28H31Cl2N3O5S/c1-4-38-26-16-9-8-15-24(26)33(39(3,36)37)19-27(34)32(18-21-22(29)13-10-14-23(21)30)25(28(35)31-2)17-20-11-6-5-7-12-20/h5-16,25H,4,17-19H2,1-3H3,(H,31,35). The lowest BCUT2D eigenvalue weighted by Gasteiger charge is -2.33. The van der Waals surface area contributed by atoms with Gasteiger partial charge in [-0.3, -0.25) is 13.9 Å². The zero-order valence-electron chi connectivity index (χ0n) is 21.9. The van der Waals surface area contributed by atoms with Crippen LogP contribution in [0.15, 0.2) is 72.8 Å². The fourth-order valence-electron chi connectivity index (χ4n) is 4.11. The van der Waals surface area contributed by atoms with E-state index in [4.69, 9.17) is 27.9 Å². The molecule has 0 saturated heterocycles. The van der Waals surface area contributed by atoms with Crippen LogP contribution in [0.1, 0.15) is 18.1 Å². The number of rotatable bonds is 12. The Morgan fingerprint density at radius 3 is 2.15 bits per heavy atom. The van der Waals surface area contributed by atoms with Crippen molar-refractivity contribution in [3.8, 4) is 5.75 Å². The van der Waals surface area contributed by atoms with Gasteiger partial charge in [0.05, 0.1) is 18.6 Å². The van der Waals surface area contributed by atoms with Crippen LogP contribution in [0.2, 0.25) is 10.0 Å². The molecule has 208 valence electrons. The highest BCUT2D eigenvalue weighted by molar-refractivity contribution is 7.92. The van der Waals surface area contributed by atoms with Gasteiger partial charge >= 0.3 is 0 Å². The monoisotopic (exact) mass is 591 g/mol. The second kappa shape index (κ2) is 13.7. The quantitative estimate of drug-likeness (QED) is 0.333. The summed E-state index contributed by atoms with van der Waals surface area (Å²) in [6.45, 7) is 1.38. The van der Waals surface area contributed by atoms with Gasteiger partial charge in [-0.1, -0.05) is 71.7 Å². The normalized spacial score (nSPS) is 11.9. The third kappa shape index (κ3) is 7.88. The Morgan fingerprint density at radius 1 is 0.949 bits per heavy atom. The van der Waals surface area contributed by atoms with Crippen molar-refractivity contribution < 1.29 is 22.7 Å². The molecule has 0 bridgehead atoms. The summed E-state index contributed by atoms with van der Waals surface area (Å²) in [6, 6.07) is 19.8. The van der Waals surface area contributed by atoms with Crippen LogP contribution in [0, 0.1) is 0 Å². The molecule has 3 aromatic carbocycles. The average Bonchev–Trinajstić information content (AvgIpc) is 2.90. The Morgan fingerprint density at radius 2 is 1.56 bits per heavy atom. The molecule has 0 radical (unpaired) electrons. The summed E-state index contributed by atoms with van der Waals surface area (Å²) in [5, 5.41) is 3.26. The molecule has 1 unspecified atom stereocenters. The van der Waals surface area contributed by atoms with E-state index in [2.05, 4.69) is 5.32 Å². The van der Waals surface area contributed by atoms with Crippen molar-refractivity contribution in [1.82, 2.24) is 10.2 Å². The van der Waals surface area contributed by atoms with E-state index in [1.54, 1.807) is 49.4 Å². The summed E-state index contributed by atoms with van der Waals surface area (Å²) in [7, 11) is -2.46. The van der Waals surface area contributed by atoms with Crippen molar-refractivity contribution in [1.29, 1.82) is 0 Å². The van der Waals surface area contributed by atoms with E-state index in [0.29, 0.717) is 28.0 Å². The highest BCUT2D eigenvalue weighted by Gasteiger charge is 2.34. The minimum Gasteiger partial charge on any atom is -0.492 e. The first-order chi connectivity index (χ1) is 18.6. The summed E-state index contributed by atoms with van der Waals surface area (Å²) < 4.78 is 32.5. The van der Waals surface area contributed by atoms with Gasteiger partial charge in [-0.25, -0.2) is 8.42 Å². The van der Waals surface area contributed by atoms with Crippen LogP contribution in [0.4, 0.5) is 5.69 Å². The number of benzene rings is 3. The third-order valence-corrected chi connectivity index (χ3v) is 7.86. The number of carbonyl (C=O) groups excluding carboxylic acids is 2. The summed E-state index contributed by atoms with van der Waals surface area (Å²) in [5.74, 6) is -0.727. The molecular weight excluding hydrogens is 561 g/mol. The van der Waals surface area contributed by atoms with Crippen LogP contribution in [0.5, 0.6) is 5.75 Å². The van der Waals surface area contributed by atoms with Gasteiger partial charge in [-0.2, -0.15) is 0 Å². The molecule has 3 rings (SSSR count). The smallest absolute Gasteiger partial charge is 0.244 e. The highest BCUT2D eigenvalue weighted by atomic mass is 35.5. The van der Waals surface area contributed by atoms with Crippen molar-refractivity contribution in [3.05, 3.63) is 94.0 Å². The van der Waals surface area contributed by atoms with E-state index in [-0.39, 0.29) is 18.7 Å². The third-order valence-electron chi connectivity index (χ3n) is 6.02. The Balaban J connectivity index is 2.09. The van der Waals surface area contributed by atoms with Crippen LogP contribution in [0.25, 0.3) is 0 Å².